The lowest BCUT2D eigenvalue weighted by Gasteiger charge is -2.35. The molecular weight excluding hydrogens is 360 g/mol. The molecule has 0 spiro atoms. The molecule has 0 amide bonds. The van der Waals surface area contributed by atoms with Crippen molar-refractivity contribution in [2.24, 2.45) is 0 Å². The zero-order chi connectivity index (χ0) is 15.5. The maximum atomic E-state index is 12.0. The third-order valence-electron chi connectivity index (χ3n) is 3.35. The fourth-order valence-corrected chi connectivity index (χ4v) is 3.76. The molecule has 0 aliphatic carbocycles. The van der Waals surface area contributed by atoms with E-state index in [0.717, 1.165) is 10.2 Å². The summed E-state index contributed by atoms with van der Waals surface area (Å²) in [6.07, 6.45) is 0. The molecule has 1 aliphatic rings. The summed E-state index contributed by atoms with van der Waals surface area (Å²) in [6, 6.07) is 7.89. The predicted molar refractivity (Wildman–Crippen MR) is 83.7 cm³/mol. The maximum absolute atomic E-state index is 12.0. The second-order valence-electron chi connectivity index (χ2n) is 4.69. The van der Waals surface area contributed by atoms with E-state index in [9.17, 15) is 13.2 Å². The van der Waals surface area contributed by atoms with Crippen molar-refractivity contribution in [3.05, 3.63) is 28.7 Å². The van der Waals surface area contributed by atoms with Gasteiger partial charge >= 0.3 is 5.97 Å². The maximum Gasteiger partial charge on any atom is 0.322 e. The van der Waals surface area contributed by atoms with Crippen LogP contribution in [0.15, 0.2) is 28.7 Å². The van der Waals surface area contributed by atoms with E-state index in [1.165, 1.54) is 11.4 Å². The average Bonchev–Trinajstić information content (AvgIpc) is 2.47. The number of carbonyl (C=O) groups excluding carboxylic acids is 1. The number of sulfonamides is 1. The van der Waals surface area contributed by atoms with Crippen molar-refractivity contribution in [1.29, 1.82) is 0 Å². The van der Waals surface area contributed by atoms with Crippen molar-refractivity contribution in [2.45, 2.75) is 0 Å². The van der Waals surface area contributed by atoms with E-state index in [1.54, 1.807) is 0 Å². The number of nitrogens with zero attached hydrogens (tertiary/aromatic N) is 2. The first-order valence-electron chi connectivity index (χ1n) is 6.47. The van der Waals surface area contributed by atoms with E-state index >= 15 is 0 Å². The van der Waals surface area contributed by atoms with Gasteiger partial charge in [-0.2, -0.15) is 4.31 Å². The van der Waals surface area contributed by atoms with Crippen LogP contribution in [0.2, 0.25) is 0 Å². The van der Waals surface area contributed by atoms with E-state index < -0.39 is 21.7 Å². The standard InChI is InChI=1S/C13H17BrN2O4S/c1-20-13(17)10-21(18,19)16-8-6-15(7-9-16)12-4-2-11(14)3-5-12/h2-5H,6-10H2,1H3. The molecule has 1 saturated heterocycles. The minimum Gasteiger partial charge on any atom is -0.468 e. The summed E-state index contributed by atoms with van der Waals surface area (Å²) < 4.78 is 30.9. The largest absolute Gasteiger partial charge is 0.468 e. The molecule has 6 nitrogen and oxygen atoms in total. The molecule has 0 aromatic heterocycles. The molecule has 8 heteroatoms. The van der Waals surface area contributed by atoms with Crippen LogP contribution in [0.1, 0.15) is 0 Å². The van der Waals surface area contributed by atoms with Crippen molar-refractivity contribution in [3.63, 3.8) is 0 Å². The van der Waals surface area contributed by atoms with Crippen molar-refractivity contribution in [2.75, 3.05) is 43.9 Å². The summed E-state index contributed by atoms with van der Waals surface area (Å²) in [5.41, 5.74) is 1.06. The van der Waals surface area contributed by atoms with Gasteiger partial charge in [-0.15, -0.1) is 0 Å². The molecule has 2 rings (SSSR count). The highest BCUT2D eigenvalue weighted by molar-refractivity contribution is 9.10. The third kappa shape index (κ3) is 4.18. The van der Waals surface area contributed by atoms with Crippen LogP contribution in [0.4, 0.5) is 5.69 Å². The molecule has 1 aliphatic heterocycles. The second kappa shape index (κ2) is 6.76. The van der Waals surface area contributed by atoms with Gasteiger partial charge in [-0.1, -0.05) is 15.9 Å². The Balaban J connectivity index is 1.97. The first kappa shape index (κ1) is 16.3. The lowest BCUT2D eigenvalue weighted by molar-refractivity contribution is -0.137. The van der Waals surface area contributed by atoms with Crippen LogP contribution in [0.5, 0.6) is 0 Å². The van der Waals surface area contributed by atoms with Gasteiger partial charge in [0.1, 0.15) is 0 Å². The Morgan fingerprint density at radius 3 is 2.29 bits per heavy atom. The second-order valence-corrected chi connectivity index (χ2v) is 7.58. The zero-order valence-electron chi connectivity index (χ0n) is 11.7. The van der Waals surface area contributed by atoms with Gasteiger partial charge in [-0.05, 0) is 24.3 Å². The molecule has 1 aromatic carbocycles. The SMILES string of the molecule is COC(=O)CS(=O)(=O)N1CCN(c2ccc(Br)cc2)CC1. The van der Waals surface area contributed by atoms with Gasteiger partial charge < -0.3 is 9.64 Å². The van der Waals surface area contributed by atoms with Gasteiger partial charge in [0, 0.05) is 36.3 Å². The number of piperazine rings is 1. The molecule has 1 aromatic rings. The van der Waals surface area contributed by atoms with Crippen molar-refractivity contribution >= 4 is 37.6 Å². The number of ether oxygens (including phenoxy) is 1. The lowest BCUT2D eigenvalue weighted by atomic mass is 10.2. The molecule has 21 heavy (non-hydrogen) atoms. The van der Waals surface area contributed by atoms with E-state index in [0.29, 0.717) is 26.2 Å². The predicted octanol–water partition coefficient (Wildman–Crippen LogP) is 1.07. The van der Waals surface area contributed by atoms with Crippen LogP contribution in [0, 0.1) is 0 Å². The van der Waals surface area contributed by atoms with Gasteiger partial charge in [-0.3, -0.25) is 4.79 Å². The molecule has 0 unspecified atom stereocenters. The average molecular weight is 377 g/mol. The van der Waals surface area contributed by atoms with Crippen molar-refractivity contribution < 1.29 is 17.9 Å². The Bertz CT molecular complexity index is 595. The summed E-state index contributed by atoms with van der Waals surface area (Å²) in [4.78, 5) is 13.3. The monoisotopic (exact) mass is 376 g/mol. The first-order chi connectivity index (χ1) is 9.92. The van der Waals surface area contributed by atoms with E-state index in [1.807, 2.05) is 24.3 Å². The fourth-order valence-electron chi connectivity index (χ4n) is 2.18. The van der Waals surface area contributed by atoms with Gasteiger partial charge in [0.25, 0.3) is 0 Å². The van der Waals surface area contributed by atoms with Gasteiger partial charge in [0.2, 0.25) is 10.0 Å². The number of hydrogen-bond donors (Lipinski definition) is 0. The molecule has 116 valence electrons. The van der Waals surface area contributed by atoms with Crippen molar-refractivity contribution in [1.82, 2.24) is 4.31 Å². The van der Waals surface area contributed by atoms with Crippen LogP contribution in [-0.4, -0.2) is 57.7 Å². The molecule has 0 atom stereocenters. The topological polar surface area (TPSA) is 66.9 Å². The van der Waals surface area contributed by atoms with Crippen LogP contribution in [-0.2, 0) is 19.6 Å². The van der Waals surface area contributed by atoms with E-state index in [4.69, 9.17) is 0 Å². The molecule has 1 heterocycles. The van der Waals surface area contributed by atoms with Gasteiger partial charge in [0.05, 0.1) is 7.11 Å². The highest BCUT2D eigenvalue weighted by atomic mass is 79.9. The highest BCUT2D eigenvalue weighted by Crippen LogP contribution is 2.20. The van der Waals surface area contributed by atoms with E-state index in [2.05, 4.69) is 25.6 Å². The number of rotatable bonds is 4. The van der Waals surface area contributed by atoms with Crippen LogP contribution in [0.25, 0.3) is 0 Å². The number of halogens is 1. The quantitative estimate of drug-likeness (QED) is 0.735. The summed E-state index contributed by atoms with van der Waals surface area (Å²) in [6.45, 7) is 1.94. The number of methoxy groups -OCH3 is 1. The summed E-state index contributed by atoms with van der Waals surface area (Å²) in [5, 5.41) is 0. The minimum atomic E-state index is -3.58. The Labute approximate surface area is 132 Å². The third-order valence-corrected chi connectivity index (χ3v) is 5.63. The Morgan fingerprint density at radius 2 is 1.76 bits per heavy atom. The summed E-state index contributed by atoms with van der Waals surface area (Å²) in [5.74, 6) is -1.33. The normalized spacial score (nSPS) is 16.8. The number of hydrogen-bond acceptors (Lipinski definition) is 5. The Kier molecular flexibility index (Phi) is 5.23. The molecular formula is C13H17BrN2O4S. The molecule has 0 saturated carbocycles. The summed E-state index contributed by atoms with van der Waals surface area (Å²) in [7, 11) is -2.40. The molecule has 0 radical (unpaired) electrons. The minimum absolute atomic E-state index is 0.370. The Hall–Kier alpha value is -1.12. The van der Waals surface area contributed by atoms with Crippen LogP contribution < -0.4 is 4.90 Å². The van der Waals surface area contributed by atoms with E-state index in [-0.39, 0.29) is 0 Å². The van der Waals surface area contributed by atoms with Gasteiger partial charge in [-0.25, -0.2) is 8.42 Å². The lowest BCUT2D eigenvalue weighted by Crippen LogP contribution is -2.50. The summed E-state index contributed by atoms with van der Waals surface area (Å²) >= 11 is 3.38. The highest BCUT2D eigenvalue weighted by Gasteiger charge is 2.29. The van der Waals surface area contributed by atoms with Gasteiger partial charge in [0.15, 0.2) is 5.75 Å². The number of esters is 1. The zero-order valence-corrected chi connectivity index (χ0v) is 14.1. The number of carbonyl (C=O) groups is 1. The Morgan fingerprint density at radius 1 is 1.19 bits per heavy atom. The van der Waals surface area contributed by atoms with Crippen LogP contribution >= 0.6 is 15.9 Å². The molecule has 0 N–H and O–H groups in total. The van der Waals surface area contributed by atoms with Crippen LogP contribution in [0.3, 0.4) is 0 Å². The smallest absolute Gasteiger partial charge is 0.322 e. The number of anilines is 1. The molecule has 0 bridgehead atoms. The van der Waals surface area contributed by atoms with Crippen molar-refractivity contribution in [3.8, 4) is 0 Å². The molecule has 1 fully saturated rings. The number of benzene rings is 1. The first-order valence-corrected chi connectivity index (χ1v) is 8.88. The fraction of sp³-hybridized carbons (Fsp3) is 0.462.